The van der Waals surface area contributed by atoms with E-state index in [4.69, 9.17) is 4.52 Å². The van der Waals surface area contributed by atoms with E-state index in [-0.39, 0.29) is 11.9 Å². The molecule has 1 heterocycles. The summed E-state index contributed by atoms with van der Waals surface area (Å²) in [6.45, 7) is 1.76. The minimum absolute atomic E-state index is 0.0620. The Morgan fingerprint density at radius 1 is 1.45 bits per heavy atom. The minimum atomic E-state index is 0.0620. The predicted molar refractivity (Wildman–Crippen MR) is 85.5 cm³/mol. The lowest BCUT2D eigenvalue weighted by atomic mass is 9.88. The second-order valence-electron chi connectivity index (χ2n) is 5.43. The highest BCUT2D eigenvalue weighted by atomic mass is 32.2. The van der Waals surface area contributed by atoms with Gasteiger partial charge in [0.2, 0.25) is 11.8 Å². The Hall–Kier alpha value is -1.82. The topological polar surface area (TPSA) is 68.0 Å². The number of carbonyl (C=O) groups excluding carboxylic acids is 1. The summed E-state index contributed by atoms with van der Waals surface area (Å²) in [5.41, 5.74) is 2.62. The largest absolute Gasteiger partial charge is 0.349 e. The smallest absolute Gasteiger partial charge is 0.230 e. The molecule has 1 N–H and O–H groups in total. The van der Waals surface area contributed by atoms with Crippen molar-refractivity contribution in [3.05, 3.63) is 47.1 Å². The zero-order valence-electron chi connectivity index (χ0n) is 12.5. The van der Waals surface area contributed by atoms with Crippen molar-refractivity contribution < 1.29 is 9.32 Å². The Kier molecular flexibility index (Phi) is 4.77. The quantitative estimate of drug-likeness (QED) is 0.918. The Labute approximate surface area is 133 Å². The van der Waals surface area contributed by atoms with E-state index in [0.29, 0.717) is 23.2 Å². The molecule has 1 aromatic heterocycles. The first-order chi connectivity index (χ1) is 10.7. The summed E-state index contributed by atoms with van der Waals surface area (Å²) >= 11 is 1.50. The molecule has 0 aliphatic heterocycles. The lowest BCUT2D eigenvalue weighted by Gasteiger charge is -2.26. The molecule has 116 valence electrons. The third kappa shape index (κ3) is 3.68. The molecular weight excluding hydrogens is 298 g/mol. The fourth-order valence-corrected chi connectivity index (χ4v) is 3.45. The summed E-state index contributed by atoms with van der Waals surface area (Å²) < 4.78 is 4.91. The first kappa shape index (κ1) is 15.1. The number of fused-ring (bicyclic) bond motifs is 1. The van der Waals surface area contributed by atoms with E-state index >= 15 is 0 Å². The van der Waals surface area contributed by atoms with Gasteiger partial charge >= 0.3 is 0 Å². The molecule has 22 heavy (non-hydrogen) atoms. The van der Waals surface area contributed by atoms with Crippen molar-refractivity contribution in [3.63, 3.8) is 0 Å². The van der Waals surface area contributed by atoms with Crippen molar-refractivity contribution in [2.45, 2.75) is 38.0 Å². The van der Waals surface area contributed by atoms with Crippen LogP contribution in [0, 0.1) is 6.92 Å². The number of hydrogen-bond acceptors (Lipinski definition) is 5. The lowest BCUT2D eigenvalue weighted by molar-refractivity contribution is -0.119. The highest BCUT2D eigenvalue weighted by Gasteiger charge is 2.21. The van der Waals surface area contributed by atoms with E-state index in [0.717, 1.165) is 19.3 Å². The molecular formula is C16H19N3O2S. The highest BCUT2D eigenvalue weighted by Crippen LogP contribution is 2.29. The van der Waals surface area contributed by atoms with Crippen LogP contribution in [0.5, 0.6) is 0 Å². The van der Waals surface area contributed by atoms with Crippen molar-refractivity contribution in [1.82, 2.24) is 15.5 Å². The Morgan fingerprint density at radius 3 is 3.14 bits per heavy atom. The van der Waals surface area contributed by atoms with Crippen LogP contribution in [0.4, 0.5) is 0 Å². The number of hydrogen-bond donors (Lipinski definition) is 1. The van der Waals surface area contributed by atoms with Gasteiger partial charge in [0.15, 0.2) is 5.82 Å². The molecule has 1 aliphatic rings. The van der Waals surface area contributed by atoms with E-state index in [1.807, 2.05) is 6.07 Å². The van der Waals surface area contributed by atoms with Crippen LogP contribution in [0.1, 0.15) is 41.7 Å². The Morgan fingerprint density at radius 2 is 2.32 bits per heavy atom. The first-order valence-corrected chi connectivity index (χ1v) is 8.62. The number of carbonyl (C=O) groups is 1. The highest BCUT2D eigenvalue weighted by molar-refractivity contribution is 7.99. The van der Waals surface area contributed by atoms with Gasteiger partial charge in [0, 0.05) is 6.92 Å². The number of aryl methyl sites for hydroxylation is 2. The molecule has 6 heteroatoms. The van der Waals surface area contributed by atoms with E-state index in [2.05, 4.69) is 33.7 Å². The van der Waals surface area contributed by atoms with Crippen LogP contribution in [0.3, 0.4) is 0 Å². The van der Waals surface area contributed by atoms with Crippen LogP contribution in [0.15, 0.2) is 28.8 Å². The normalized spacial score (nSPS) is 17.0. The van der Waals surface area contributed by atoms with Gasteiger partial charge in [-0.1, -0.05) is 29.4 Å². The van der Waals surface area contributed by atoms with Gasteiger partial charge in [-0.3, -0.25) is 4.79 Å². The number of aromatic nitrogens is 2. The summed E-state index contributed by atoms with van der Waals surface area (Å²) in [4.78, 5) is 16.2. The maximum atomic E-state index is 12.1. The first-order valence-electron chi connectivity index (χ1n) is 7.46. The molecule has 5 nitrogen and oxygen atoms in total. The van der Waals surface area contributed by atoms with Gasteiger partial charge in [-0.05, 0) is 30.4 Å². The van der Waals surface area contributed by atoms with Gasteiger partial charge in [-0.15, -0.1) is 11.8 Å². The van der Waals surface area contributed by atoms with Crippen molar-refractivity contribution in [3.8, 4) is 0 Å². The van der Waals surface area contributed by atoms with E-state index in [1.54, 1.807) is 6.92 Å². The summed E-state index contributed by atoms with van der Waals surface area (Å²) in [5.74, 6) is 2.25. The second-order valence-corrected chi connectivity index (χ2v) is 6.42. The molecule has 0 spiro atoms. The van der Waals surface area contributed by atoms with Crippen LogP contribution in [0.25, 0.3) is 0 Å². The zero-order valence-corrected chi connectivity index (χ0v) is 13.4. The molecule has 2 aromatic rings. The number of nitrogens with zero attached hydrogens (tertiary/aromatic N) is 2. The molecule has 3 rings (SSSR count). The van der Waals surface area contributed by atoms with Crippen molar-refractivity contribution in [2.75, 3.05) is 5.75 Å². The van der Waals surface area contributed by atoms with Gasteiger partial charge in [-0.25, -0.2) is 0 Å². The maximum absolute atomic E-state index is 12.1. The van der Waals surface area contributed by atoms with Crippen molar-refractivity contribution in [1.29, 1.82) is 0 Å². The van der Waals surface area contributed by atoms with Gasteiger partial charge in [0.25, 0.3) is 0 Å². The summed E-state index contributed by atoms with van der Waals surface area (Å²) in [7, 11) is 0. The van der Waals surface area contributed by atoms with Gasteiger partial charge in [0.1, 0.15) is 0 Å². The molecule has 0 saturated heterocycles. The number of amides is 1. The Balaban J connectivity index is 1.50. The molecule has 0 radical (unpaired) electrons. The average molecular weight is 317 g/mol. The van der Waals surface area contributed by atoms with Crippen LogP contribution in [0.2, 0.25) is 0 Å². The van der Waals surface area contributed by atoms with E-state index in [9.17, 15) is 4.79 Å². The lowest BCUT2D eigenvalue weighted by Crippen LogP contribution is -2.32. The van der Waals surface area contributed by atoms with Crippen LogP contribution < -0.4 is 5.32 Å². The third-order valence-electron chi connectivity index (χ3n) is 3.74. The van der Waals surface area contributed by atoms with E-state index in [1.165, 1.54) is 22.9 Å². The predicted octanol–water partition coefficient (Wildman–Crippen LogP) is 2.81. The number of thioether (sulfide) groups is 1. The van der Waals surface area contributed by atoms with Gasteiger partial charge < -0.3 is 9.84 Å². The van der Waals surface area contributed by atoms with Crippen molar-refractivity contribution in [2.24, 2.45) is 0 Å². The molecule has 0 saturated carbocycles. The number of benzene rings is 1. The molecule has 0 fully saturated rings. The van der Waals surface area contributed by atoms with Crippen LogP contribution >= 0.6 is 11.8 Å². The summed E-state index contributed by atoms with van der Waals surface area (Å²) in [6, 6.07) is 8.52. The average Bonchev–Trinajstić information content (AvgIpc) is 2.93. The SMILES string of the molecule is Cc1nc(CSCC(=O)N[C@@H]2CCCc3ccccc32)no1. The van der Waals surface area contributed by atoms with Gasteiger partial charge in [0.05, 0.1) is 17.5 Å². The van der Waals surface area contributed by atoms with E-state index < -0.39 is 0 Å². The number of rotatable bonds is 5. The van der Waals surface area contributed by atoms with Crippen LogP contribution in [-0.2, 0) is 17.0 Å². The monoisotopic (exact) mass is 317 g/mol. The minimum Gasteiger partial charge on any atom is -0.349 e. The fraction of sp³-hybridized carbons (Fsp3) is 0.438. The molecule has 1 aliphatic carbocycles. The fourth-order valence-electron chi connectivity index (χ4n) is 2.77. The second kappa shape index (κ2) is 6.96. The molecule has 0 bridgehead atoms. The molecule has 1 amide bonds. The summed E-state index contributed by atoms with van der Waals surface area (Å²) in [6.07, 6.45) is 3.24. The third-order valence-corrected chi connectivity index (χ3v) is 4.67. The van der Waals surface area contributed by atoms with Gasteiger partial charge in [-0.2, -0.15) is 4.98 Å². The summed E-state index contributed by atoms with van der Waals surface area (Å²) in [5, 5.41) is 6.96. The molecule has 0 unspecified atom stereocenters. The Bertz CT molecular complexity index is 656. The zero-order chi connectivity index (χ0) is 15.4. The maximum Gasteiger partial charge on any atom is 0.230 e. The molecule has 1 aromatic carbocycles. The van der Waals surface area contributed by atoms with Crippen molar-refractivity contribution >= 4 is 17.7 Å². The van der Waals surface area contributed by atoms with Crippen LogP contribution in [-0.4, -0.2) is 21.8 Å². The standard InChI is InChI=1S/C16H19N3O2S/c1-11-17-15(19-21-11)9-22-10-16(20)18-14-8-4-6-12-5-2-3-7-13(12)14/h2-3,5,7,14H,4,6,8-10H2,1H3,(H,18,20)/t14-/m1/s1. The molecule has 1 atom stereocenters. The number of nitrogens with one attached hydrogen (secondary N) is 1.